The number of aromatic nitrogens is 2. The highest BCUT2D eigenvalue weighted by Crippen LogP contribution is 2.32. The lowest BCUT2D eigenvalue weighted by atomic mass is 10.0. The minimum absolute atomic E-state index is 0.131. The molecule has 2 aromatic carbocycles. The molecule has 0 amide bonds. The van der Waals surface area contributed by atoms with Gasteiger partial charge in [0.15, 0.2) is 0 Å². The van der Waals surface area contributed by atoms with Crippen molar-refractivity contribution in [2.24, 2.45) is 0 Å². The zero-order chi connectivity index (χ0) is 16.8. The molecule has 3 aromatic rings. The van der Waals surface area contributed by atoms with Crippen LogP contribution in [0.4, 0.5) is 13.2 Å². The number of halogens is 3. The number of nitrogens with one attached hydrogen (secondary N) is 1. The zero-order valence-electron chi connectivity index (χ0n) is 12.5. The highest BCUT2D eigenvalue weighted by Gasteiger charge is 2.31. The van der Waals surface area contributed by atoms with E-state index >= 15 is 0 Å². The molecule has 0 unspecified atom stereocenters. The first-order chi connectivity index (χ1) is 10.8. The van der Waals surface area contributed by atoms with E-state index in [1.54, 1.807) is 38.1 Å². The molecule has 3 rings (SSSR count). The molecule has 0 aliphatic rings. The number of alkyl halides is 3. The predicted molar refractivity (Wildman–Crippen MR) is 82.3 cm³/mol. The normalized spacial score (nSPS) is 11.9. The summed E-state index contributed by atoms with van der Waals surface area (Å²) in [6, 6.07) is 8.80. The molecule has 0 aliphatic heterocycles. The molecule has 1 aromatic heterocycles. The van der Waals surface area contributed by atoms with Crippen LogP contribution in [-0.2, 0) is 6.18 Å². The zero-order valence-corrected chi connectivity index (χ0v) is 12.5. The summed E-state index contributed by atoms with van der Waals surface area (Å²) in [6.45, 7) is 3.37. The number of hydrogen-bond acceptors (Lipinski definition) is 2. The second kappa shape index (κ2) is 5.22. The first-order valence-electron chi connectivity index (χ1n) is 6.94. The molecule has 1 heterocycles. The second-order valence-corrected chi connectivity index (χ2v) is 5.47. The van der Waals surface area contributed by atoms with E-state index in [0.717, 1.165) is 17.7 Å². The largest absolute Gasteiger partial charge is 0.416 e. The van der Waals surface area contributed by atoms with Gasteiger partial charge in [0.1, 0.15) is 5.82 Å². The Bertz CT molecular complexity index is 958. The maximum atomic E-state index is 13.0. The Hall–Kier alpha value is -2.63. The molecule has 6 heteroatoms. The number of nitrogens with zero attached hydrogens (tertiary/aromatic N) is 1. The molecule has 1 N–H and O–H groups in total. The Labute approximate surface area is 129 Å². The van der Waals surface area contributed by atoms with Gasteiger partial charge in [0.05, 0.1) is 16.5 Å². The third kappa shape index (κ3) is 2.84. The van der Waals surface area contributed by atoms with Crippen molar-refractivity contribution in [1.29, 1.82) is 0 Å². The molecule has 0 saturated carbocycles. The Balaban J connectivity index is 2.27. The first-order valence-corrected chi connectivity index (χ1v) is 6.94. The molecular weight excluding hydrogens is 305 g/mol. The van der Waals surface area contributed by atoms with Gasteiger partial charge in [0.25, 0.3) is 5.56 Å². The van der Waals surface area contributed by atoms with Crippen LogP contribution >= 0.6 is 0 Å². The second-order valence-electron chi connectivity index (χ2n) is 5.47. The van der Waals surface area contributed by atoms with Gasteiger partial charge < -0.3 is 4.98 Å². The van der Waals surface area contributed by atoms with Crippen molar-refractivity contribution in [1.82, 2.24) is 9.97 Å². The van der Waals surface area contributed by atoms with Crippen LogP contribution in [0.15, 0.2) is 41.2 Å². The Kier molecular flexibility index (Phi) is 3.47. The van der Waals surface area contributed by atoms with E-state index in [1.165, 1.54) is 0 Å². The Morgan fingerprint density at radius 2 is 1.83 bits per heavy atom. The van der Waals surface area contributed by atoms with Gasteiger partial charge in [-0.3, -0.25) is 4.79 Å². The van der Waals surface area contributed by atoms with E-state index < -0.39 is 11.7 Å². The average molecular weight is 318 g/mol. The molecular formula is C17H13F3N2O. The van der Waals surface area contributed by atoms with E-state index in [2.05, 4.69) is 9.97 Å². The third-order valence-electron chi connectivity index (χ3n) is 3.62. The number of benzene rings is 2. The van der Waals surface area contributed by atoms with Crippen molar-refractivity contribution in [2.75, 3.05) is 0 Å². The summed E-state index contributed by atoms with van der Waals surface area (Å²) in [4.78, 5) is 19.1. The summed E-state index contributed by atoms with van der Waals surface area (Å²) in [7, 11) is 0. The summed E-state index contributed by atoms with van der Waals surface area (Å²) in [6.07, 6.45) is -4.45. The maximum Gasteiger partial charge on any atom is 0.416 e. The number of rotatable bonds is 1. The maximum absolute atomic E-state index is 13.0. The van der Waals surface area contributed by atoms with Crippen LogP contribution in [0.3, 0.4) is 0 Å². The van der Waals surface area contributed by atoms with Crippen LogP contribution in [0.25, 0.3) is 22.3 Å². The van der Waals surface area contributed by atoms with E-state index in [9.17, 15) is 18.0 Å². The highest BCUT2D eigenvalue weighted by atomic mass is 19.4. The van der Waals surface area contributed by atoms with Crippen molar-refractivity contribution in [3.63, 3.8) is 0 Å². The highest BCUT2D eigenvalue weighted by molar-refractivity contribution is 5.82. The fourth-order valence-corrected chi connectivity index (χ4v) is 2.53. The van der Waals surface area contributed by atoms with Crippen LogP contribution in [-0.4, -0.2) is 9.97 Å². The van der Waals surface area contributed by atoms with Crippen LogP contribution in [0.1, 0.15) is 16.7 Å². The lowest BCUT2D eigenvalue weighted by Crippen LogP contribution is -2.11. The molecule has 118 valence electrons. The molecule has 23 heavy (non-hydrogen) atoms. The van der Waals surface area contributed by atoms with Gasteiger partial charge in [-0.1, -0.05) is 12.1 Å². The van der Waals surface area contributed by atoms with Crippen LogP contribution in [0, 0.1) is 13.8 Å². The average Bonchev–Trinajstić information content (AvgIpc) is 2.46. The van der Waals surface area contributed by atoms with Gasteiger partial charge in [0, 0.05) is 5.56 Å². The monoisotopic (exact) mass is 318 g/mol. The standard InChI is InChI=1S/C17H13F3N2O/c1-9-6-11(8-12(7-9)17(18,19)20)15-21-14-10(2)4-3-5-13(14)16(23)22-15/h3-8H,1-2H3,(H,21,22,23). The lowest BCUT2D eigenvalue weighted by Gasteiger charge is -2.11. The molecule has 0 aliphatic carbocycles. The SMILES string of the molecule is Cc1cc(-c2nc3c(C)cccc3c(=O)[nH]2)cc(C(F)(F)F)c1. The van der Waals surface area contributed by atoms with E-state index in [1.807, 2.05) is 0 Å². The smallest absolute Gasteiger partial charge is 0.306 e. The van der Waals surface area contributed by atoms with Crippen LogP contribution < -0.4 is 5.56 Å². The summed E-state index contributed by atoms with van der Waals surface area (Å²) in [5.74, 6) is 0.131. The Morgan fingerprint density at radius 1 is 1.09 bits per heavy atom. The van der Waals surface area contributed by atoms with Gasteiger partial charge in [-0.15, -0.1) is 0 Å². The minimum Gasteiger partial charge on any atom is -0.306 e. The van der Waals surface area contributed by atoms with Gasteiger partial charge in [-0.25, -0.2) is 4.98 Å². The quantitative estimate of drug-likeness (QED) is 0.730. The number of fused-ring (bicyclic) bond motifs is 1. The third-order valence-corrected chi connectivity index (χ3v) is 3.62. The minimum atomic E-state index is -4.45. The van der Waals surface area contributed by atoms with Crippen molar-refractivity contribution >= 4 is 10.9 Å². The van der Waals surface area contributed by atoms with E-state index in [0.29, 0.717) is 16.5 Å². The number of aromatic amines is 1. The summed E-state index contributed by atoms with van der Waals surface area (Å²) in [5, 5.41) is 0.414. The number of hydrogen-bond donors (Lipinski definition) is 1. The molecule has 0 atom stereocenters. The number of H-pyrrole nitrogens is 1. The van der Waals surface area contributed by atoms with E-state index in [4.69, 9.17) is 0 Å². The molecule has 0 radical (unpaired) electrons. The van der Waals surface area contributed by atoms with Crippen molar-refractivity contribution in [2.45, 2.75) is 20.0 Å². The molecule has 3 nitrogen and oxygen atoms in total. The topological polar surface area (TPSA) is 45.8 Å². The lowest BCUT2D eigenvalue weighted by molar-refractivity contribution is -0.137. The van der Waals surface area contributed by atoms with Gasteiger partial charge >= 0.3 is 6.18 Å². The van der Waals surface area contributed by atoms with Gasteiger partial charge in [-0.05, 0) is 49.2 Å². The molecule has 0 spiro atoms. The molecule has 0 saturated heterocycles. The number of aryl methyl sites for hydroxylation is 2. The van der Waals surface area contributed by atoms with Gasteiger partial charge in [0.2, 0.25) is 0 Å². The Morgan fingerprint density at radius 3 is 2.52 bits per heavy atom. The summed E-state index contributed by atoms with van der Waals surface area (Å²) >= 11 is 0. The number of para-hydroxylation sites is 1. The van der Waals surface area contributed by atoms with Crippen molar-refractivity contribution in [3.8, 4) is 11.4 Å². The molecule has 0 fully saturated rings. The fourth-order valence-electron chi connectivity index (χ4n) is 2.53. The molecule has 0 bridgehead atoms. The van der Waals surface area contributed by atoms with Crippen molar-refractivity contribution < 1.29 is 13.2 Å². The predicted octanol–water partition coefficient (Wildman–Crippen LogP) is 4.23. The van der Waals surface area contributed by atoms with Crippen molar-refractivity contribution in [3.05, 3.63) is 63.4 Å². The van der Waals surface area contributed by atoms with Gasteiger partial charge in [-0.2, -0.15) is 13.2 Å². The fraction of sp³-hybridized carbons (Fsp3) is 0.176. The first kappa shape index (κ1) is 15.3. The summed E-state index contributed by atoms with van der Waals surface area (Å²) < 4.78 is 38.9. The van der Waals surface area contributed by atoms with E-state index in [-0.39, 0.29) is 16.9 Å². The van der Waals surface area contributed by atoms with Crippen LogP contribution in [0.2, 0.25) is 0 Å². The van der Waals surface area contributed by atoms with Crippen LogP contribution in [0.5, 0.6) is 0 Å². The summed E-state index contributed by atoms with van der Waals surface area (Å²) in [5.41, 5.74) is 0.825.